The molecule has 0 unspecified atom stereocenters. The Morgan fingerprint density at radius 2 is 1.97 bits per heavy atom. The Kier molecular flexibility index (Phi) is 4.48. The van der Waals surface area contributed by atoms with Gasteiger partial charge in [0.15, 0.2) is 5.65 Å². The van der Waals surface area contributed by atoms with E-state index in [0.29, 0.717) is 10.8 Å². The molecule has 5 rings (SSSR count). The summed E-state index contributed by atoms with van der Waals surface area (Å²) >= 11 is 1.47. The molecule has 0 aliphatic heterocycles. The molecular formula is C21H15N7O2S. The molecule has 0 amide bonds. The molecule has 10 heteroatoms. The van der Waals surface area contributed by atoms with Crippen molar-refractivity contribution < 1.29 is 9.90 Å². The Hall–Kier alpha value is -4.05. The fourth-order valence-electron chi connectivity index (χ4n) is 3.08. The van der Waals surface area contributed by atoms with Gasteiger partial charge in [0.1, 0.15) is 5.70 Å². The molecule has 0 saturated heterocycles. The zero-order chi connectivity index (χ0) is 21.5. The Labute approximate surface area is 180 Å². The first kappa shape index (κ1) is 18.9. The van der Waals surface area contributed by atoms with Crippen molar-refractivity contribution in [3.8, 4) is 11.1 Å². The van der Waals surface area contributed by atoms with Crippen molar-refractivity contribution in [2.45, 2.75) is 17.0 Å². The molecule has 4 heterocycles. The molecule has 5 aromatic rings. The molecule has 4 aromatic heterocycles. The largest absolute Gasteiger partial charge is 0.477 e. The normalized spacial score (nSPS) is 11.3. The zero-order valence-electron chi connectivity index (χ0n) is 16.3. The first-order valence-electron chi connectivity index (χ1n) is 9.22. The number of hydrogen-bond acceptors (Lipinski definition) is 7. The highest BCUT2D eigenvalue weighted by atomic mass is 32.2. The Bertz CT molecular complexity index is 1490. The molecule has 0 saturated carbocycles. The predicted molar refractivity (Wildman–Crippen MR) is 116 cm³/mol. The lowest BCUT2D eigenvalue weighted by atomic mass is 10.1. The van der Waals surface area contributed by atoms with Gasteiger partial charge in [0, 0.05) is 33.8 Å². The Morgan fingerprint density at radius 3 is 2.81 bits per heavy atom. The van der Waals surface area contributed by atoms with Crippen molar-refractivity contribution in [2.24, 2.45) is 0 Å². The van der Waals surface area contributed by atoms with Crippen LogP contribution in [-0.4, -0.2) is 45.7 Å². The van der Waals surface area contributed by atoms with Gasteiger partial charge in [-0.1, -0.05) is 6.58 Å². The fraction of sp³-hybridized carbons (Fsp3) is 0.0476. The van der Waals surface area contributed by atoms with E-state index in [4.69, 9.17) is 5.11 Å². The van der Waals surface area contributed by atoms with Crippen LogP contribution in [0.4, 0.5) is 0 Å². The number of fused-ring (bicyclic) bond motifs is 2. The molecule has 0 radical (unpaired) electrons. The Morgan fingerprint density at radius 1 is 1.10 bits per heavy atom. The quantitative estimate of drug-likeness (QED) is 0.422. The summed E-state index contributed by atoms with van der Waals surface area (Å²) in [7, 11) is 0. The molecule has 0 bridgehead atoms. The van der Waals surface area contributed by atoms with Gasteiger partial charge in [-0.3, -0.25) is 4.98 Å². The molecule has 31 heavy (non-hydrogen) atoms. The second-order valence-electron chi connectivity index (χ2n) is 6.83. The number of hydrogen-bond donors (Lipinski definition) is 1. The summed E-state index contributed by atoms with van der Waals surface area (Å²) in [5.41, 5.74) is 3.87. The number of carboxylic acids is 1. The van der Waals surface area contributed by atoms with E-state index in [1.165, 1.54) is 16.4 Å². The van der Waals surface area contributed by atoms with Gasteiger partial charge in [-0.15, -0.1) is 10.2 Å². The first-order chi connectivity index (χ1) is 15.0. The SMILES string of the molecule is C=C(C(=O)O)n1cc(-c2cnc3ccc(Sc4nnc5ccc(C)nn45)cc3c2)cn1. The van der Waals surface area contributed by atoms with Crippen molar-refractivity contribution in [1.29, 1.82) is 0 Å². The van der Waals surface area contributed by atoms with Gasteiger partial charge in [-0.05, 0) is 55.1 Å². The third kappa shape index (κ3) is 3.53. The summed E-state index contributed by atoms with van der Waals surface area (Å²) in [6.07, 6.45) is 4.94. The molecular weight excluding hydrogens is 414 g/mol. The van der Waals surface area contributed by atoms with Crippen LogP contribution in [0.1, 0.15) is 5.69 Å². The summed E-state index contributed by atoms with van der Waals surface area (Å²) in [5, 5.41) is 27.6. The van der Waals surface area contributed by atoms with Crippen molar-refractivity contribution in [3.05, 3.63) is 67.3 Å². The van der Waals surface area contributed by atoms with Crippen LogP contribution in [0.2, 0.25) is 0 Å². The van der Waals surface area contributed by atoms with E-state index in [0.717, 1.165) is 32.6 Å². The van der Waals surface area contributed by atoms with Crippen molar-refractivity contribution in [3.63, 3.8) is 0 Å². The molecule has 0 fully saturated rings. The number of aromatic nitrogens is 7. The predicted octanol–water partition coefficient (Wildman–Crippen LogP) is 3.55. The molecule has 0 aliphatic rings. The zero-order valence-corrected chi connectivity index (χ0v) is 17.1. The van der Waals surface area contributed by atoms with Crippen LogP contribution >= 0.6 is 11.8 Å². The highest BCUT2D eigenvalue weighted by molar-refractivity contribution is 7.99. The second kappa shape index (κ2) is 7.33. The number of benzene rings is 1. The summed E-state index contributed by atoms with van der Waals surface area (Å²) in [6, 6.07) is 11.7. The minimum Gasteiger partial charge on any atom is -0.477 e. The number of carbonyl (C=O) groups is 1. The third-order valence-corrected chi connectivity index (χ3v) is 5.60. The van der Waals surface area contributed by atoms with E-state index in [2.05, 4.69) is 32.0 Å². The van der Waals surface area contributed by atoms with E-state index < -0.39 is 5.97 Å². The maximum atomic E-state index is 11.1. The molecule has 0 spiro atoms. The van der Waals surface area contributed by atoms with Crippen molar-refractivity contribution in [2.75, 3.05) is 0 Å². The standard InChI is InChI=1S/C21H15N7O2S/c1-12-3-6-19-24-25-21(28(19)26-12)31-17-4-5-18-14(8-17)7-15(9-22-18)16-10-23-27(11-16)13(2)20(29)30/h3-11H,2H2,1H3,(H,29,30). The lowest BCUT2D eigenvalue weighted by molar-refractivity contribution is -0.130. The molecule has 152 valence electrons. The fourth-order valence-corrected chi connectivity index (χ4v) is 3.91. The van der Waals surface area contributed by atoms with Gasteiger partial charge >= 0.3 is 5.97 Å². The molecule has 0 atom stereocenters. The van der Waals surface area contributed by atoms with Crippen LogP contribution in [0.5, 0.6) is 0 Å². The van der Waals surface area contributed by atoms with Gasteiger partial charge in [0.05, 0.1) is 17.4 Å². The third-order valence-electron chi connectivity index (χ3n) is 4.67. The van der Waals surface area contributed by atoms with Crippen LogP contribution in [0.25, 0.3) is 33.4 Å². The highest BCUT2D eigenvalue weighted by Crippen LogP contribution is 2.30. The topological polar surface area (TPSA) is 111 Å². The minimum absolute atomic E-state index is 0.122. The lowest BCUT2D eigenvalue weighted by Gasteiger charge is -2.04. The Balaban J connectivity index is 1.49. The molecule has 1 aromatic carbocycles. The van der Waals surface area contributed by atoms with Gasteiger partial charge < -0.3 is 5.11 Å². The molecule has 1 N–H and O–H groups in total. The van der Waals surface area contributed by atoms with Crippen LogP contribution in [0.3, 0.4) is 0 Å². The van der Waals surface area contributed by atoms with Crippen molar-refractivity contribution >= 4 is 40.0 Å². The minimum atomic E-state index is -1.13. The van der Waals surface area contributed by atoms with Gasteiger partial charge in [-0.25, -0.2) is 9.48 Å². The number of carboxylic acid groups (broad SMARTS) is 1. The lowest BCUT2D eigenvalue weighted by Crippen LogP contribution is -2.06. The van der Waals surface area contributed by atoms with Crippen molar-refractivity contribution in [1.82, 2.24) is 34.6 Å². The first-order valence-corrected chi connectivity index (χ1v) is 10.0. The number of pyridine rings is 1. The monoisotopic (exact) mass is 429 g/mol. The van der Waals surface area contributed by atoms with Gasteiger partial charge in [-0.2, -0.15) is 14.7 Å². The molecule has 0 aliphatic carbocycles. The molecule has 9 nitrogen and oxygen atoms in total. The van der Waals surface area contributed by atoms with E-state index in [1.807, 2.05) is 43.3 Å². The van der Waals surface area contributed by atoms with E-state index in [9.17, 15) is 4.79 Å². The second-order valence-corrected chi connectivity index (χ2v) is 7.87. The van der Waals surface area contributed by atoms with E-state index >= 15 is 0 Å². The summed E-state index contributed by atoms with van der Waals surface area (Å²) in [5.74, 6) is -1.13. The number of nitrogens with zero attached hydrogens (tertiary/aromatic N) is 7. The summed E-state index contributed by atoms with van der Waals surface area (Å²) < 4.78 is 2.96. The average molecular weight is 429 g/mol. The number of rotatable bonds is 5. The van der Waals surface area contributed by atoms with Crippen LogP contribution in [0.15, 0.2) is 71.6 Å². The van der Waals surface area contributed by atoms with Crippen LogP contribution < -0.4 is 0 Å². The summed E-state index contributed by atoms with van der Waals surface area (Å²) in [4.78, 5) is 16.6. The van der Waals surface area contributed by atoms with Crippen LogP contribution in [-0.2, 0) is 4.79 Å². The van der Waals surface area contributed by atoms with E-state index in [1.54, 1.807) is 23.1 Å². The summed E-state index contributed by atoms with van der Waals surface area (Å²) in [6.45, 7) is 5.44. The van der Waals surface area contributed by atoms with Crippen LogP contribution in [0, 0.1) is 6.92 Å². The highest BCUT2D eigenvalue weighted by Gasteiger charge is 2.12. The number of aliphatic carboxylic acids is 1. The maximum absolute atomic E-state index is 11.1. The van der Waals surface area contributed by atoms with Gasteiger partial charge in [0.25, 0.3) is 0 Å². The maximum Gasteiger partial charge on any atom is 0.353 e. The average Bonchev–Trinajstić information content (AvgIpc) is 3.40. The van der Waals surface area contributed by atoms with E-state index in [-0.39, 0.29) is 5.70 Å². The smallest absolute Gasteiger partial charge is 0.353 e. The number of aryl methyl sites for hydroxylation is 1. The van der Waals surface area contributed by atoms with Gasteiger partial charge in [0.2, 0.25) is 5.16 Å².